The van der Waals surface area contributed by atoms with Gasteiger partial charge in [-0.1, -0.05) is 24.6 Å². The number of anilines is 1. The van der Waals surface area contributed by atoms with Gasteiger partial charge in [-0.25, -0.2) is 0 Å². The molecular weight excluding hydrogens is 272 g/mol. The zero-order valence-corrected chi connectivity index (χ0v) is 12.7. The first-order valence-electron chi connectivity index (χ1n) is 6.48. The molecule has 0 amide bonds. The van der Waals surface area contributed by atoms with E-state index in [2.05, 4.69) is 47.0 Å². The molecule has 1 heterocycles. The molecule has 2 rings (SSSR count). The molecule has 20 heavy (non-hydrogen) atoms. The molecule has 0 spiro atoms. The SMILES string of the molecule is CCCOc1nc(N)nc(Sc2ccc(C)cc2C)n1. The highest BCUT2D eigenvalue weighted by molar-refractivity contribution is 7.99. The van der Waals surface area contributed by atoms with Crippen molar-refractivity contribution >= 4 is 17.7 Å². The molecule has 0 saturated heterocycles. The van der Waals surface area contributed by atoms with Crippen molar-refractivity contribution in [2.24, 2.45) is 0 Å². The number of hydrogen-bond donors (Lipinski definition) is 1. The van der Waals surface area contributed by atoms with Crippen LogP contribution in [0.25, 0.3) is 0 Å². The second-order valence-corrected chi connectivity index (χ2v) is 5.49. The van der Waals surface area contributed by atoms with E-state index in [1.54, 1.807) is 0 Å². The summed E-state index contributed by atoms with van der Waals surface area (Å²) in [4.78, 5) is 13.5. The summed E-state index contributed by atoms with van der Waals surface area (Å²) in [6.07, 6.45) is 0.894. The predicted molar refractivity (Wildman–Crippen MR) is 80.1 cm³/mol. The van der Waals surface area contributed by atoms with Crippen LogP contribution in [0.2, 0.25) is 0 Å². The minimum absolute atomic E-state index is 0.179. The highest BCUT2D eigenvalue weighted by Gasteiger charge is 2.09. The van der Waals surface area contributed by atoms with E-state index in [-0.39, 0.29) is 12.0 Å². The normalized spacial score (nSPS) is 10.6. The van der Waals surface area contributed by atoms with E-state index in [4.69, 9.17) is 10.5 Å². The summed E-state index contributed by atoms with van der Waals surface area (Å²) in [5, 5.41) is 0.551. The molecule has 5 nitrogen and oxygen atoms in total. The van der Waals surface area contributed by atoms with E-state index >= 15 is 0 Å². The van der Waals surface area contributed by atoms with Crippen LogP contribution in [0, 0.1) is 13.8 Å². The van der Waals surface area contributed by atoms with E-state index in [9.17, 15) is 0 Å². The lowest BCUT2D eigenvalue weighted by Crippen LogP contribution is -2.05. The smallest absolute Gasteiger partial charge is 0.322 e. The molecular formula is C14H18N4OS. The number of hydrogen-bond acceptors (Lipinski definition) is 6. The average molecular weight is 290 g/mol. The van der Waals surface area contributed by atoms with Gasteiger partial charge in [0.15, 0.2) is 0 Å². The van der Waals surface area contributed by atoms with Gasteiger partial charge in [0.25, 0.3) is 0 Å². The van der Waals surface area contributed by atoms with Gasteiger partial charge in [-0.15, -0.1) is 0 Å². The van der Waals surface area contributed by atoms with Gasteiger partial charge in [0.1, 0.15) is 0 Å². The topological polar surface area (TPSA) is 73.9 Å². The molecule has 2 N–H and O–H groups in total. The van der Waals surface area contributed by atoms with Crippen LogP contribution < -0.4 is 10.5 Å². The van der Waals surface area contributed by atoms with Crippen molar-refractivity contribution in [1.29, 1.82) is 0 Å². The van der Waals surface area contributed by atoms with Gasteiger partial charge >= 0.3 is 6.01 Å². The highest BCUT2D eigenvalue weighted by atomic mass is 32.2. The van der Waals surface area contributed by atoms with Crippen LogP contribution in [-0.2, 0) is 0 Å². The maximum Gasteiger partial charge on any atom is 0.322 e. The first-order valence-corrected chi connectivity index (χ1v) is 7.29. The molecule has 0 bridgehead atoms. The van der Waals surface area contributed by atoms with Crippen molar-refractivity contribution in [3.63, 3.8) is 0 Å². The Balaban J connectivity index is 2.21. The fourth-order valence-electron chi connectivity index (χ4n) is 1.67. The van der Waals surface area contributed by atoms with Gasteiger partial charge in [-0.2, -0.15) is 15.0 Å². The fourth-order valence-corrected chi connectivity index (χ4v) is 2.48. The number of nitrogens with zero attached hydrogens (tertiary/aromatic N) is 3. The Morgan fingerprint density at radius 3 is 2.70 bits per heavy atom. The van der Waals surface area contributed by atoms with Gasteiger partial charge in [0.2, 0.25) is 11.1 Å². The zero-order chi connectivity index (χ0) is 14.5. The van der Waals surface area contributed by atoms with Gasteiger partial charge < -0.3 is 10.5 Å². The quantitative estimate of drug-likeness (QED) is 0.912. The van der Waals surface area contributed by atoms with Crippen molar-refractivity contribution in [1.82, 2.24) is 15.0 Å². The number of aryl methyl sites for hydroxylation is 2. The van der Waals surface area contributed by atoms with Crippen molar-refractivity contribution in [2.45, 2.75) is 37.2 Å². The second-order valence-electron chi connectivity index (χ2n) is 4.48. The molecule has 0 unspecified atom stereocenters. The maximum atomic E-state index is 5.69. The van der Waals surface area contributed by atoms with E-state index in [1.165, 1.54) is 22.9 Å². The summed E-state index contributed by atoms with van der Waals surface area (Å²) in [6.45, 7) is 6.72. The van der Waals surface area contributed by atoms with E-state index in [0.717, 1.165) is 11.3 Å². The molecule has 0 radical (unpaired) electrons. The monoisotopic (exact) mass is 290 g/mol. The Morgan fingerprint density at radius 1 is 1.20 bits per heavy atom. The molecule has 0 aliphatic heterocycles. The van der Waals surface area contributed by atoms with Crippen LogP contribution in [0.4, 0.5) is 5.95 Å². The molecule has 0 saturated carbocycles. The minimum Gasteiger partial charge on any atom is -0.463 e. The Labute approximate surface area is 123 Å². The van der Waals surface area contributed by atoms with Crippen LogP contribution in [0.1, 0.15) is 24.5 Å². The van der Waals surface area contributed by atoms with Crippen molar-refractivity contribution < 1.29 is 4.74 Å². The fraction of sp³-hybridized carbons (Fsp3) is 0.357. The standard InChI is InChI=1S/C14H18N4OS/c1-4-7-19-13-16-12(15)17-14(18-13)20-11-6-5-9(2)8-10(11)3/h5-6,8H,4,7H2,1-3H3,(H2,15,16,17,18). The van der Waals surface area contributed by atoms with Gasteiger partial charge in [-0.3, -0.25) is 0 Å². The largest absolute Gasteiger partial charge is 0.463 e. The van der Waals surface area contributed by atoms with Crippen molar-refractivity contribution in [3.8, 4) is 6.01 Å². The summed E-state index contributed by atoms with van der Waals surface area (Å²) >= 11 is 1.46. The Bertz CT molecular complexity index is 604. The van der Waals surface area contributed by atoms with Gasteiger partial charge in [0.05, 0.1) is 6.61 Å². The second kappa shape index (κ2) is 6.56. The summed E-state index contributed by atoms with van der Waals surface area (Å²) in [6, 6.07) is 6.53. The van der Waals surface area contributed by atoms with Crippen LogP contribution >= 0.6 is 11.8 Å². The van der Waals surface area contributed by atoms with Crippen molar-refractivity contribution in [2.75, 3.05) is 12.3 Å². The molecule has 0 fully saturated rings. The van der Waals surface area contributed by atoms with Gasteiger partial charge in [0, 0.05) is 4.90 Å². The third kappa shape index (κ3) is 3.84. The third-order valence-corrected chi connectivity index (χ3v) is 3.62. The lowest BCUT2D eigenvalue weighted by atomic mass is 10.2. The molecule has 1 aromatic carbocycles. The van der Waals surface area contributed by atoms with Crippen LogP contribution in [-0.4, -0.2) is 21.6 Å². The Hall–Kier alpha value is -1.82. The number of ether oxygens (including phenoxy) is 1. The average Bonchev–Trinajstić information content (AvgIpc) is 2.39. The molecule has 106 valence electrons. The van der Waals surface area contributed by atoms with Crippen LogP contribution in [0.5, 0.6) is 6.01 Å². The predicted octanol–water partition coefficient (Wildman–Crippen LogP) is 3.01. The molecule has 6 heteroatoms. The first-order chi connectivity index (χ1) is 9.58. The number of nitrogens with two attached hydrogens (primary N) is 1. The molecule has 0 atom stereocenters. The third-order valence-electron chi connectivity index (χ3n) is 2.58. The lowest BCUT2D eigenvalue weighted by molar-refractivity contribution is 0.288. The van der Waals surface area contributed by atoms with E-state index in [1.807, 2.05) is 6.92 Å². The Morgan fingerprint density at radius 2 is 2.00 bits per heavy atom. The lowest BCUT2D eigenvalue weighted by Gasteiger charge is -2.07. The van der Waals surface area contributed by atoms with Gasteiger partial charge in [-0.05, 0) is 43.7 Å². The number of rotatable bonds is 5. The summed E-state index contributed by atoms with van der Waals surface area (Å²) in [5.41, 5.74) is 8.11. The molecule has 0 aliphatic rings. The Kier molecular flexibility index (Phi) is 4.79. The summed E-state index contributed by atoms with van der Waals surface area (Å²) < 4.78 is 5.41. The number of benzene rings is 1. The summed E-state index contributed by atoms with van der Waals surface area (Å²) in [5.74, 6) is 0.179. The molecule has 2 aromatic rings. The number of nitrogen functional groups attached to an aromatic ring is 1. The minimum atomic E-state index is 0.179. The van der Waals surface area contributed by atoms with E-state index in [0.29, 0.717) is 11.8 Å². The summed E-state index contributed by atoms with van der Waals surface area (Å²) in [7, 11) is 0. The maximum absolute atomic E-state index is 5.69. The zero-order valence-electron chi connectivity index (χ0n) is 11.9. The highest BCUT2D eigenvalue weighted by Crippen LogP contribution is 2.29. The molecule has 0 aliphatic carbocycles. The molecule has 1 aromatic heterocycles. The first kappa shape index (κ1) is 14.6. The van der Waals surface area contributed by atoms with E-state index < -0.39 is 0 Å². The number of aromatic nitrogens is 3. The van der Waals surface area contributed by atoms with Crippen molar-refractivity contribution in [3.05, 3.63) is 29.3 Å². The van der Waals surface area contributed by atoms with Crippen LogP contribution in [0.15, 0.2) is 28.3 Å². The van der Waals surface area contributed by atoms with Crippen LogP contribution in [0.3, 0.4) is 0 Å².